The number of alkyl halides is 1. The molecule has 1 aromatic rings. The predicted molar refractivity (Wildman–Crippen MR) is 58.6 cm³/mol. The maximum absolute atomic E-state index is 12.7. The van der Waals surface area contributed by atoms with Gasteiger partial charge >= 0.3 is 5.97 Å². The molecule has 0 amide bonds. The molecule has 0 aliphatic carbocycles. The molecule has 0 aromatic carbocycles. The predicted octanol–water partition coefficient (Wildman–Crippen LogP) is 0.881. The topological polar surface area (TPSA) is 91.7 Å². The number of ketones is 1. The molecule has 0 atom stereocenters. The van der Waals surface area contributed by atoms with E-state index in [2.05, 4.69) is 15.5 Å². The van der Waals surface area contributed by atoms with Gasteiger partial charge in [-0.15, -0.1) is 11.6 Å². The summed E-state index contributed by atoms with van der Waals surface area (Å²) in [6, 6.07) is 2.35. The highest BCUT2D eigenvalue weighted by Gasteiger charge is 2.18. The summed E-state index contributed by atoms with van der Waals surface area (Å²) in [6.07, 6.45) is 1.16. The molecule has 0 saturated carbocycles. The van der Waals surface area contributed by atoms with Crippen molar-refractivity contribution in [3.8, 4) is 0 Å². The summed E-state index contributed by atoms with van der Waals surface area (Å²) in [5, 5.41) is 12.0. The molecular weight excluding hydrogens is 253 g/mol. The Labute approximate surface area is 100 Å². The van der Waals surface area contributed by atoms with Crippen LogP contribution in [0.2, 0.25) is 0 Å². The molecular formula is C9H7ClFN3O3. The van der Waals surface area contributed by atoms with Gasteiger partial charge in [0.15, 0.2) is 0 Å². The number of nitrogens with one attached hydrogen (secondary N) is 1. The first-order valence-corrected chi connectivity index (χ1v) is 4.85. The number of pyridine rings is 1. The van der Waals surface area contributed by atoms with Crippen LogP contribution in [0, 0.1) is 5.95 Å². The Balaban J connectivity index is 2.87. The zero-order valence-electron chi connectivity index (χ0n) is 8.35. The molecule has 0 bridgehead atoms. The third-order valence-corrected chi connectivity index (χ3v) is 1.85. The van der Waals surface area contributed by atoms with E-state index < -0.39 is 29.3 Å². The maximum atomic E-state index is 12.7. The van der Waals surface area contributed by atoms with E-state index in [-0.39, 0.29) is 5.69 Å². The van der Waals surface area contributed by atoms with Crippen LogP contribution >= 0.6 is 11.6 Å². The average molecular weight is 260 g/mol. The molecule has 0 radical (unpaired) electrons. The van der Waals surface area contributed by atoms with Gasteiger partial charge in [0.1, 0.15) is 0 Å². The second kappa shape index (κ2) is 5.90. The standard InChI is InChI=1S/C9H7ClFN3O3/c10-4-6(15)8(9(16)17)14-13-5-1-2-12-7(11)3-5/h1-3H,4H2,(H,12,13)(H,16,17)/b14-8+. The molecule has 6 nitrogen and oxygen atoms in total. The van der Waals surface area contributed by atoms with Gasteiger partial charge in [-0.1, -0.05) is 0 Å². The number of rotatable bonds is 5. The van der Waals surface area contributed by atoms with Crippen molar-refractivity contribution in [3.05, 3.63) is 24.3 Å². The number of halogens is 2. The zero-order valence-corrected chi connectivity index (χ0v) is 9.11. The first-order valence-electron chi connectivity index (χ1n) is 4.32. The van der Waals surface area contributed by atoms with Gasteiger partial charge < -0.3 is 5.11 Å². The summed E-state index contributed by atoms with van der Waals surface area (Å²) in [5.74, 6) is -3.62. The first kappa shape index (κ1) is 13.0. The summed E-state index contributed by atoms with van der Waals surface area (Å²) < 4.78 is 12.7. The van der Waals surface area contributed by atoms with E-state index in [4.69, 9.17) is 16.7 Å². The van der Waals surface area contributed by atoms with Crippen molar-refractivity contribution in [2.45, 2.75) is 0 Å². The van der Waals surface area contributed by atoms with E-state index >= 15 is 0 Å². The number of hydrogen-bond acceptors (Lipinski definition) is 5. The number of Topliss-reactive ketones (excluding diaryl/α,β-unsaturated/α-hetero) is 1. The number of carboxylic acid groups (broad SMARTS) is 1. The second-order valence-electron chi connectivity index (χ2n) is 2.80. The third kappa shape index (κ3) is 3.80. The van der Waals surface area contributed by atoms with Crippen molar-refractivity contribution in [2.75, 3.05) is 11.3 Å². The quantitative estimate of drug-likeness (QED) is 0.269. The van der Waals surface area contributed by atoms with Crippen molar-refractivity contribution in [3.63, 3.8) is 0 Å². The minimum atomic E-state index is -1.52. The van der Waals surface area contributed by atoms with Crippen LogP contribution in [-0.2, 0) is 9.59 Å². The molecule has 0 fully saturated rings. The van der Waals surface area contributed by atoms with Gasteiger partial charge in [0.25, 0.3) is 0 Å². The van der Waals surface area contributed by atoms with Gasteiger partial charge in [-0.2, -0.15) is 9.49 Å². The van der Waals surface area contributed by atoms with Crippen molar-refractivity contribution in [1.82, 2.24) is 4.98 Å². The van der Waals surface area contributed by atoms with E-state index in [1.165, 1.54) is 6.07 Å². The minimum absolute atomic E-state index is 0.165. The first-order chi connectivity index (χ1) is 8.04. The fourth-order valence-electron chi connectivity index (χ4n) is 0.885. The molecule has 17 heavy (non-hydrogen) atoms. The molecule has 0 saturated heterocycles. The van der Waals surface area contributed by atoms with Crippen molar-refractivity contribution < 1.29 is 19.1 Å². The van der Waals surface area contributed by atoms with Crippen LogP contribution in [0.4, 0.5) is 10.1 Å². The van der Waals surface area contributed by atoms with Gasteiger partial charge in [0, 0.05) is 12.3 Å². The molecule has 0 aliphatic heterocycles. The van der Waals surface area contributed by atoms with E-state index in [1.807, 2.05) is 0 Å². The number of aliphatic carboxylic acids is 1. The second-order valence-corrected chi connectivity index (χ2v) is 3.07. The van der Waals surface area contributed by atoms with Crippen LogP contribution in [-0.4, -0.2) is 33.4 Å². The van der Waals surface area contributed by atoms with Crippen LogP contribution < -0.4 is 5.43 Å². The van der Waals surface area contributed by atoms with Crippen molar-refractivity contribution in [2.24, 2.45) is 5.10 Å². The Morgan fingerprint density at radius 3 is 2.82 bits per heavy atom. The zero-order chi connectivity index (χ0) is 12.8. The molecule has 0 unspecified atom stereocenters. The maximum Gasteiger partial charge on any atom is 0.360 e. The molecule has 0 spiro atoms. The summed E-state index contributed by atoms with van der Waals surface area (Å²) >= 11 is 5.21. The van der Waals surface area contributed by atoms with E-state index in [0.717, 1.165) is 12.3 Å². The molecule has 8 heteroatoms. The number of hydrogen-bond donors (Lipinski definition) is 2. The van der Waals surface area contributed by atoms with E-state index in [9.17, 15) is 14.0 Å². The Bertz CT molecular complexity index is 478. The highest BCUT2D eigenvalue weighted by Crippen LogP contribution is 2.06. The molecule has 0 aliphatic rings. The highest BCUT2D eigenvalue weighted by molar-refractivity contribution is 6.67. The SMILES string of the molecule is O=C(O)/C(=N/Nc1ccnc(F)c1)C(=O)CCl. The lowest BCUT2D eigenvalue weighted by Crippen LogP contribution is -2.26. The smallest absolute Gasteiger partial charge is 0.360 e. The lowest BCUT2D eigenvalue weighted by Gasteiger charge is -2.01. The Kier molecular flexibility index (Phi) is 4.53. The fourth-order valence-corrected chi connectivity index (χ4v) is 1.01. The van der Waals surface area contributed by atoms with Crippen LogP contribution in [0.15, 0.2) is 23.4 Å². The number of carbonyl (C=O) groups is 2. The van der Waals surface area contributed by atoms with Gasteiger partial charge in [-0.25, -0.2) is 9.78 Å². The highest BCUT2D eigenvalue weighted by atomic mass is 35.5. The molecule has 2 N–H and O–H groups in total. The fraction of sp³-hybridized carbons (Fsp3) is 0.111. The minimum Gasteiger partial charge on any atom is -0.476 e. The largest absolute Gasteiger partial charge is 0.476 e. The van der Waals surface area contributed by atoms with E-state index in [0.29, 0.717) is 0 Å². The van der Waals surface area contributed by atoms with Crippen molar-refractivity contribution in [1.29, 1.82) is 0 Å². The van der Waals surface area contributed by atoms with Gasteiger partial charge in [-0.05, 0) is 6.07 Å². The molecule has 1 aromatic heterocycles. The number of aromatic nitrogens is 1. The number of carboxylic acids is 1. The average Bonchev–Trinajstić information content (AvgIpc) is 2.28. The van der Waals surface area contributed by atoms with E-state index in [1.54, 1.807) is 0 Å². The van der Waals surface area contributed by atoms with Crippen LogP contribution in [0.3, 0.4) is 0 Å². The van der Waals surface area contributed by atoms with Crippen LogP contribution in [0.25, 0.3) is 0 Å². The lowest BCUT2D eigenvalue weighted by molar-refractivity contribution is -0.130. The monoisotopic (exact) mass is 259 g/mol. The normalized spacial score (nSPS) is 11.1. The molecule has 1 rings (SSSR count). The molecule has 1 heterocycles. The summed E-state index contributed by atoms with van der Waals surface area (Å²) in [6.45, 7) is 0. The van der Waals surface area contributed by atoms with Gasteiger partial charge in [-0.3, -0.25) is 10.2 Å². The third-order valence-electron chi connectivity index (χ3n) is 1.61. The van der Waals surface area contributed by atoms with Crippen LogP contribution in [0.1, 0.15) is 0 Å². The lowest BCUT2D eigenvalue weighted by atomic mass is 10.3. The Morgan fingerprint density at radius 1 is 1.59 bits per heavy atom. The number of carbonyl (C=O) groups excluding carboxylic acids is 1. The van der Waals surface area contributed by atoms with Crippen molar-refractivity contribution >= 4 is 34.8 Å². The van der Waals surface area contributed by atoms with Gasteiger partial charge in [0.05, 0.1) is 11.6 Å². The Hall–Kier alpha value is -2.02. The summed E-state index contributed by atoms with van der Waals surface area (Å²) in [5.41, 5.74) is 1.64. The van der Waals surface area contributed by atoms with Crippen LogP contribution in [0.5, 0.6) is 0 Å². The number of nitrogens with zero attached hydrogens (tertiary/aromatic N) is 2. The van der Waals surface area contributed by atoms with Gasteiger partial charge in [0.2, 0.25) is 17.4 Å². The number of hydrazone groups is 1. The summed E-state index contributed by atoms with van der Waals surface area (Å²) in [7, 11) is 0. The molecule has 90 valence electrons. The summed E-state index contributed by atoms with van der Waals surface area (Å²) in [4.78, 5) is 25.0. The Morgan fingerprint density at radius 2 is 2.29 bits per heavy atom. The number of anilines is 1.